The SMILES string of the molecule is O=C(O)c1ccc2c(c1)nc(Nc1cccc(SNC3CC3)c1)c1ccsc12. The number of hydrogen-bond donors (Lipinski definition) is 3. The quantitative estimate of drug-likeness (QED) is 0.359. The van der Waals surface area contributed by atoms with Crippen molar-refractivity contribution in [1.29, 1.82) is 0 Å². The summed E-state index contributed by atoms with van der Waals surface area (Å²) in [5.74, 6) is -0.207. The fourth-order valence-corrected chi connectivity index (χ4v) is 4.86. The van der Waals surface area contributed by atoms with E-state index in [1.54, 1.807) is 35.4 Å². The summed E-state index contributed by atoms with van der Waals surface area (Å²) < 4.78 is 4.55. The molecule has 0 spiro atoms. The van der Waals surface area contributed by atoms with Crippen LogP contribution in [0.15, 0.2) is 58.8 Å². The van der Waals surface area contributed by atoms with Crippen LogP contribution in [0.1, 0.15) is 23.2 Å². The maximum absolute atomic E-state index is 11.3. The van der Waals surface area contributed by atoms with Gasteiger partial charge in [0.15, 0.2) is 0 Å². The van der Waals surface area contributed by atoms with E-state index in [1.165, 1.54) is 12.8 Å². The number of nitrogens with zero attached hydrogens (tertiary/aromatic N) is 1. The molecule has 5 rings (SSSR count). The van der Waals surface area contributed by atoms with Gasteiger partial charge in [-0.25, -0.2) is 9.78 Å². The van der Waals surface area contributed by atoms with Crippen molar-refractivity contribution in [3.8, 4) is 0 Å². The van der Waals surface area contributed by atoms with Crippen molar-refractivity contribution in [2.45, 2.75) is 23.8 Å². The standard InChI is InChI=1S/C21H17N3O2S2/c25-21(26)12-4-7-16-18(10-12)23-20(17-8-9-27-19(16)17)22-14-2-1-3-15(11-14)28-24-13-5-6-13/h1-4,7-11,13,24H,5-6H2,(H,22,23)(H,25,26). The molecule has 2 heterocycles. The molecule has 0 atom stereocenters. The first-order valence-corrected chi connectivity index (χ1v) is 10.7. The van der Waals surface area contributed by atoms with E-state index in [0.717, 1.165) is 31.9 Å². The van der Waals surface area contributed by atoms with Gasteiger partial charge >= 0.3 is 5.97 Å². The summed E-state index contributed by atoms with van der Waals surface area (Å²) in [7, 11) is 0. The lowest BCUT2D eigenvalue weighted by Crippen LogP contribution is -2.04. The lowest BCUT2D eigenvalue weighted by atomic mass is 10.1. The van der Waals surface area contributed by atoms with E-state index in [1.807, 2.05) is 29.6 Å². The third-order valence-corrected chi connectivity index (χ3v) is 6.55. The largest absolute Gasteiger partial charge is 0.478 e. The molecule has 4 aromatic rings. The number of carboxylic acid groups (broad SMARTS) is 1. The van der Waals surface area contributed by atoms with Gasteiger partial charge in [-0.05, 0) is 66.6 Å². The molecule has 0 bridgehead atoms. The normalized spacial score (nSPS) is 13.9. The molecule has 28 heavy (non-hydrogen) atoms. The lowest BCUT2D eigenvalue weighted by Gasteiger charge is -2.11. The second-order valence-corrected chi connectivity index (χ2v) is 8.64. The number of fused-ring (bicyclic) bond motifs is 3. The predicted octanol–water partition coefficient (Wildman–Crippen LogP) is 5.65. The number of pyridine rings is 1. The molecule has 1 aliphatic rings. The first-order chi connectivity index (χ1) is 13.7. The molecule has 2 aromatic carbocycles. The van der Waals surface area contributed by atoms with E-state index in [2.05, 4.69) is 22.2 Å². The Morgan fingerprint density at radius 2 is 2.04 bits per heavy atom. The molecule has 1 fully saturated rings. The molecule has 0 aliphatic heterocycles. The van der Waals surface area contributed by atoms with Gasteiger partial charge in [0, 0.05) is 32.1 Å². The van der Waals surface area contributed by atoms with Crippen LogP contribution < -0.4 is 10.0 Å². The molecule has 1 saturated carbocycles. The Balaban J connectivity index is 1.53. The first-order valence-electron chi connectivity index (χ1n) is 9.01. The minimum atomic E-state index is -0.947. The van der Waals surface area contributed by atoms with E-state index >= 15 is 0 Å². The monoisotopic (exact) mass is 407 g/mol. The van der Waals surface area contributed by atoms with Crippen molar-refractivity contribution in [3.05, 3.63) is 59.5 Å². The Labute approximate surface area is 169 Å². The maximum atomic E-state index is 11.3. The molecule has 1 aliphatic carbocycles. The number of aromatic nitrogens is 1. The summed E-state index contributed by atoms with van der Waals surface area (Å²) >= 11 is 3.29. The topological polar surface area (TPSA) is 74.2 Å². The molecular weight excluding hydrogens is 390 g/mol. The molecule has 140 valence electrons. The average Bonchev–Trinajstić information content (AvgIpc) is 3.39. The summed E-state index contributed by atoms with van der Waals surface area (Å²) in [5.41, 5.74) is 1.88. The van der Waals surface area contributed by atoms with E-state index in [4.69, 9.17) is 4.98 Å². The molecular formula is C21H17N3O2S2. The van der Waals surface area contributed by atoms with Crippen molar-refractivity contribution in [3.63, 3.8) is 0 Å². The van der Waals surface area contributed by atoms with Crippen molar-refractivity contribution < 1.29 is 9.90 Å². The number of carbonyl (C=O) groups is 1. The Morgan fingerprint density at radius 3 is 2.86 bits per heavy atom. The van der Waals surface area contributed by atoms with Crippen LogP contribution >= 0.6 is 23.3 Å². The van der Waals surface area contributed by atoms with Gasteiger partial charge in [-0.2, -0.15) is 0 Å². The van der Waals surface area contributed by atoms with Crippen LogP contribution in [0, 0.1) is 0 Å². The van der Waals surface area contributed by atoms with Crippen LogP contribution in [0.4, 0.5) is 11.5 Å². The highest BCUT2D eigenvalue weighted by molar-refractivity contribution is 7.97. The fraction of sp³-hybridized carbons (Fsp3) is 0.143. The van der Waals surface area contributed by atoms with Gasteiger partial charge < -0.3 is 10.4 Å². The van der Waals surface area contributed by atoms with Gasteiger partial charge in [0.2, 0.25) is 0 Å². The summed E-state index contributed by atoms with van der Waals surface area (Å²) in [6, 6.07) is 16.0. The average molecular weight is 408 g/mol. The third-order valence-electron chi connectivity index (χ3n) is 4.66. The predicted molar refractivity (Wildman–Crippen MR) is 116 cm³/mol. The highest BCUT2D eigenvalue weighted by Crippen LogP contribution is 2.35. The van der Waals surface area contributed by atoms with Crippen LogP contribution in [0.5, 0.6) is 0 Å². The van der Waals surface area contributed by atoms with Crippen LogP contribution in [-0.4, -0.2) is 22.1 Å². The smallest absolute Gasteiger partial charge is 0.335 e. The zero-order valence-electron chi connectivity index (χ0n) is 14.8. The van der Waals surface area contributed by atoms with Gasteiger partial charge in [0.1, 0.15) is 5.82 Å². The first kappa shape index (κ1) is 17.5. The number of anilines is 2. The molecule has 0 saturated heterocycles. The van der Waals surface area contributed by atoms with Crippen LogP contribution in [-0.2, 0) is 0 Å². The molecule has 2 aromatic heterocycles. The van der Waals surface area contributed by atoms with Gasteiger partial charge in [0.05, 0.1) is 11.1 Å². The Morgan fingerprint density at radius 1 is 1.14 bits per heavy atom. The second kappa shape index (κ2) is 7.09. The van der Waals surface area contributed by atoms with Crippen LogP contribution in [0.3, 0.4) is 0 Å². The minimum absolute atomic E-state index is 0.242. The van der Waals surface area contributed by atoms with Crippen molar-refractivity contribution in [1.82, 2.24) is 9.71 Å². The molecule has 5 nitrogen and oxygen atoms in total. The zero-order valence-corrected chi connectivity index (χ0v) is 16.4. The number of thiophene rings is 1. The Hall–Kier alpha value is -2.61. The van der Waals surface area contributed by atoms with Gasteiger partial charge in [0.25, 0.3) is 0 Å². The summed E-state index contributed by atoms with van der Waals surface area (Å²) in [5, 5.41) is 16.8. The second-order valence-electron chi connectivity index (χ2n) is 6.81. The number of benzene rings is 2. The number of hydrogen-bond acceptors (Lipinski definition) is 6. The Kier molecular flexibility index (Phi) is 4.43. The number of aromatic carboxylic acids is 1. The molecule has 7 heteroatoms. The van der Waals surface area contributed by atoms with Crippen molar-refractivity contribution in [2.24, 2.45) is 0 Å². The Bertz CT molecular complexity index is 1200. The van der Waals surface area contributed by atoms with Crippen LogP contribution in [0.25, 0.3) is 21.0 Å². The number of rotatable bonds is 6. The highest BCUT2D eigenvalue weighted by Gasteiger charge is 2.20. The molecule has 0 amide bonds. The fourth-order valence-electron chi connectivity index (χ4n) is 3.06. The van der Waals surface area contributed by atoms with E-state index in [0.29, 0.717) is 11.6 Å². The van der Waals surface area contributed by atoms with Gasteiger partial charge in [-0.15, -0.1) is 11.3 Å². The van der Waals surface area contributed by atoms with Gasteiger partial charge in [-0.1, -0.05) is 12.1 Å². The zero-order chi connectivity index (χ0) is 19.1. The van der Waals surface area contributed by atoms with Crippen molar-refractivity contribution in [2.75, 3.05) is 5.32 Å². The van der Waals surface area contributed by atoms with E-state index in [9.17, 15) is 9.90 Å². The number of nitrogens with one attached hydrogen (secondary N) is 2. The maximum Gasteiger partial charge on any atom is 0.335 e. The molecule has 0 radical (unpaired) electrons. The van der Waals surface area contributed by atoms with Crippen LogP contribution in [0.2, 0.25) is 0 Å². The highest BCUT2D eigenvalue weighted by atomic mass is 32.2. The lowest BCUT2D eigenvalue weighted by molar-refractivity contribution is 0.0697. The summed E-state index contributed by atoms with van der Waals surface area (Å²) in [4.78, 5) is 17.2. The summed E-state index contributed by atoms with van der Waals surface area (Å²) in [6.45, 7) is 0. The van der Waals surface area contributed by atoms with Gasteiger partial charge in [-0.3, -0.25) is 4.72 Å². The number of carboxylic acids is 1. The van der Waals surface area contributed by atoms with Crippen molar-refractivity contribution >= 4 is 61.7 Å². The third kappa shape index (κ3) is 3.44. The minimum Gasteiger partial charge on any atom is -0.478 e. The van der Waals surface area contributed by atoms with E-state index < -0.39 is 5.97 Å². The molecule has 0 unspecified atom stereocenters. The molecule has 3 N–H and O–H groups in total. The summed E-state index contributed by atoms with van der Waals surface area (Å²) in [6.07, 6.45) is 2.50. The van der Waals surface area contributed by atoms with E-state index in [-0.39, 0.29) is 5.56 Å².